The molecule has 0 amide bonds. The summed E-state index contributed by atoms with van der Waals surface area (Å²) in [5.74, 6) is 0.746. The molecule has 0 radical (unpaired) electrons. The van der Waals surface area contributed by atoms with E-state index in [9.17, 15) is 0 Å². The van der Waals surface area contributed by atoms with Gasteiger partial charge in [0.15, 0.2) is 0 Å². The second-order valence-corrected chi connectivity index (χ2v) is 7.46. The monoisotopic (exact) mass is 386 g/mol. The Bertz CT molecular complexity index is 1110. The van der Waals surface area contributed by atoms with Gasteiger partial charge in [-0.05, 0) is 49.2 Å². The molecule has 0 aliphatic heterocycles. The number of hydrogen-bond acceptors (Lipinski definition) is 6. The molecule has 1 saturated carbocycles. The Balaban J connectivity index is 1.34. The molecule has 1 aliphatic rings. The fourth-order valence-electron chi connectivity index (χ4n) is 4.13. The highest BCUT2D eigenvalue weighted by atomic mass is 16.5. The second-order valence-electron chi connectivity index (χ2n) is 7.46. The lowest BCUT2D eigenvalue weighted by molar-refractivity contribution is -0.0372. The molecule has 7 nitrogen and oxygen atoms in total. The Morgan fingerprint density at radius 3 is 2.86 bits per heavy atom. The van der Waals surface area contributed by atoms with Gasteiger partial charge in [-0.15, -0.1) is 10.2 Å². The van der Waals surface area contributed by atoms with Crippen molar-refractivity contribution in [3.8, 4) is 11.3 Å². The molecule has 7 heteroatoms. The van der Waals surface area contributed by atoms with Gasteiger partial charge >= 0.3 is 0 Å². The van der Waals surface area contributed by atoms with Crippen molar-refractivity contribution in [3.05, 3.63) is 66.6 Å². The first-order chi connectivity index (χ1) is 14.3. The lowest BCUT2D eigenvalue weighted by Gasteiger charge is -2.48. The molecule has 4 aromatic rings. The summed E-state index contributed by atoms with van der Waals surface area (Å²) < 4.78 is 5.73. The van der Waals surface area contributed by atoms with Crippen LogP contribution in [0.15, 0.2) is 60.9 Å². The van der Waals surface area contributed by atoms with Crippen molar-refractivity contribution in [2.24, 2.45) is 0 Å². The number of ether oxygens (including phenoxy) is 1. The number of aromatic amines is 1. The third-order valence-corrected chi connectivity index (χ3v) is 5.91. The van der Waals surface area contributed by atoms with Gasteiger partial charge < -0.3 is 10.1 Å². The number of aromatic nitrogens is 5. The van der Waals surface area contributed by atoms with E-state index >= 15 is 0 Å². The highest BCUT2D eigenvalue weighted by Crippen LogP contribution is 2.44. The van der Waals surface area contributed by atoms with Crippen LogP contribution >= 0.6 is 0 Å². The first kappa shape index (κ1) is 17.8. The van der Waals surface area contributed by atoms with Crippen molar-refractivity contribution in [2.75, 3.05) is 19.0 Å². The molecule has 0 bridgehead atoms. The average molecular weight is 386 g/mol. The number of fused-ring (bicyclic) bond motifs is 1. The molecule has 0 saturated heterocycles. The SMILES string of the molecule is COC1CCC1(CNc1ccc(-c2ccc3[nH]ncc3c2)nn1)c1ccccn1. The summed E-state index contributed by atoms with van der Waals surface area (Å²) in [6.07, 6.45) is 5.87. The van der Waals surface area contributed by atoms with Crippen LogP contribution in [0.25, 0.3) is 22.2 Å². The third kappa shape index (κ3) is 3.13. The number of nitrogens with zero attached hydrogens (tertiary/aromatic N) is 4. The summed E-state index contributed by atoms with van der Waals surface area (Å²) in [5.41, 5.74) is 3.78. The molecule has 2 unspecified atom stereocenters. The number of methoxy groups -OCH3 is 1. The van der Waals surface area contributed by atoms with Gasteiger partial charge in [0.25, 0.3) is 0 Å². The topological polar surface area (TPSA) is 88.6 Å². The molecular formula is C22H22N6O. The lowest BCUT2D eigenvalue weighted by atomic mass is 9.63. The molecule has 1 aromatic carbocycles. The van der Waals surface area contributed by atoms with Gasteiger partial charge in [-0.1, -0.05) is 12.1 Å². The molecule has 29 heavy (non-hydrogen) atoms. The van der Waals surface area contributed by atoms with E-state index in [2.05, 4.69) is 42.8 Å². The summed E-state index contributed by atoms with van der Waals surface area (Å²) in [4.78, 5) is 4.59. The van der Waals surface area contributed by atoms with Crippen LogP contribution in [0.3, 0.4) is 0 Å². The van der Waals surface area contributed by atoms with Crippen LogP contribution in [0.4, 0.5) is 5.82 Å². The first-order valence-corrected chi connectivity index (χ1v) is 9.74. The lowest BCUT2D eigenvalue weighted by Crippen LogP contribution is -2.54. The van der Waals surface area contributed by atoms with Crippen LogP contribution in [-0.2, 0) is 10.2 Å². The van der Waals surface area contributed by atoms with E-state index in [0.29, 0.717) is 6.54 Å². The van der Waals surface area contributed by atoms with E-state index in [-0.39, 0.29) is 11.5 Å². The Kier molecular flexibility index (Phi) is 4.44. The number of nitrogens with one attached hydrogen (secondary N) is 2. The van der Waals surface area contributed by atoms with E-state index in [1.165, 1.54) is 0 Å². The van der Waals surface area contributed by atoms with Gasteiger partial charge in [0.2, 0.25) is 0 Å². The predicted octanol–water partition coefficient (Wildman–Crippen LogP) is 3.57. The first-order valence-electron chi connectivity index (χ1n) is 9.74. The highest BCUT2D eigenvalue weighted by Gasteiger charge is 2.49. The Hall–Kier alpha value is -3.32. The van der Waals surface area contributed by atoms with Crippen molar-refractivity contribution in [2.45, 2.75) is 24.4 Å². The largest absolute Gasteiger partial charge is 0.380 e. The number of hydrogen-bond donors (Lipinski definition) is 2. The Morgan fingerprint density at radius 2 is 2.14 bits per heavy atom. The van der Waals surface area contributed by atoms with Gasteiger partial charge in [0.1, 0.15) is 5.82 Å². The maximum atomic E-state index is 5.73. The van der Waals surface area contributed by atoms with Crippen LogP contribution in [0.2, 0.25) is 0 Å². The molecular weight excluding hydrogens is 364 g/mol. The molecule has 3 aromatic heterocycles. The predicted molar refractivity (Wildman–Crippen MR) is 112 cm³/mol. The van der Waals surface area contributed by atoms with E-state index in [1.54, 1.807) is 7.11 Å². The van der Waals surface area contributed by atoms with E-state index in [4.69, 9.17) is 4.74 Å². The quantitative estimate of drug-likeness (QED) is 0.527. The summed E-state index contributed by atoms with van der Waals surface area (Å²) in [5, 5.41) is 20.3. The number of pyridine rings is 1. The zero-order valence-electron chi connectivity index (χ0n) is 16.2. The Labute approximate surface area is 168 Å². The van der Waals surface area contributed by atoms with Crippen LogP contribution < -0.4 is 5.32 Å². The number of rotatable bonds is 6. The molecule has 146 valence electrons. The standard InChI is InChI=1S/C22H22N6O/c1-29-20-9-10-22(20,19-4-2-3-11-23-19)14-24-21-8-7-17(27-28-21)15-5-6-18-16(12-15)13-25-26-18/h2-8,11-13,20H,9-10,14H2,1H3,(H,24,28)(H,25,26). The van der Waals surface area contributed by atoms with Gasteiger partial charge in [0.05, 0.1) is 34.6 Å². The van der Waals surface area contributed by atoms with Gasteiger partial charge in [-0.2, -0.15) is 5.10 Å². The zero-order chi connectivity index (χ0) is 19.7. The van der Waals surface area contributed by atoms with Gasteiger partial charge in [-0.25, -0.2) is 0 Å². The molecule has 1 fully saturated rings. The molecule has 2 N–H and O–H groups in total. The summed E-state index contributed by atoms with van der Waals surface area (Å²) >= 11 is 0. The summed E-state index contributed by atoms with van der Waals surface area (Å²) in [6.45, 7) is 0.706. The van der Waals surface area contributed by atoms with Crippen LogP contribution in [0.5, 0.6) is 0 Å². The molecule has 2 atom stereocenters. The van der Waals surface area contributed by atoms with E-state index in [1.807, 2.05) is 48.8 Å². The average Bonchev–Trinajstić information content (AvgIpc) is 3.23. The van der Waals surface area contributed by atoms with Crippen LogP contribution in [0.1, 0.15) is 18.5 Å². The van der Waals surface area contributed by atoms with Gasteiger partial charge in [0, 0.05) is 30.8 Å². The van der Waals surface area contributed by atoms with E-state index in [0.717, 1.165) is 46.5 Å². The molecule has 0 spiro atoms. The fourth-order valence-corrected chi connectivity index (χ4v) is 4.13. The molecule has 5 rings (SSSR count). The summed E-state index contributed by atoms with van der Waals surface area (Å²) in [7, 11) is 1.77. The van der Waals surface area contributed by atoms with Crippen LogP contribution in [-0.4, -0.2) is 45.1 Å². The second kappa shape index (κ2) is 7.25. The smallest absolute Gasteiger partial charge is 0.148 e. The molecule has 3 heterocycles. The summed E-state index contributed by atoms with van der Waals surface area (Å²) in [6, 6.07) is 16.1. The third-order valence-electron chi connectivity index (χ3n) is 5.91. The molecule has 1 aliphatic carbocycles. The van der Waals surface area contributed by atoms with Crippen molar-refractivity contribution in [1.82, 2.24) is 25.4 Å². The normalized spacial score (nSPS) is 21.1. The van der Waals surface area contributed by atoms with Crippen molar-refractivity contribution in [3.63, 3.8) is 0 Å². The van der Waals surface area contributed by atoms with Crippen molar-refractivity contribution < 1.29 is 4.74 Å². The highest BCUT2D eigenvalue weighted by molar-refractivity contribution is 5.83. The minimum Gasteiger partial charge on any atom is -0.380 e. The number of anilines is 1. The van der Waals surface area contributed by atoms with E-state index < -0.39 is 0 Å². The van der Waals surface area contributed by atoms with Crippen molar-refractivity contribution >= 4 is 16.7 Å². The minimum absolute atomic E-state index is 0.136. The Morgan fingerprint density at radius 1 is 1.17 bits per heavy atom. The maximum Gasteiger partial charge on any atom is 0.148 e. The number of H-pyrrole nitrogens is 1. The van der Waals surface area contributed by atoms with Crippen molar-refractivity contribution in [1.29, 1.82) is 0 Å². The minimum atomic E-state index is -0.136. The van der Waals surface area contributed by atoms with Crippen LogP contribution in [0, 0.1) is 0 Å². The fraction of sp³-hybridized carbons (Fsp3) is 0.273. The zero-order valence-corrected chi connectivity index (χ0v) is 16.2. The maximum absolute atomic E-state index is 5.73. The number of benzene rings is 1. The van der Waals surface area contributed by atoms with Gasteiger partial charge in [-0.3, -0.25) is 10.1 Å².